The van der Waals surface area contributed by atoms with Crippen molar-refractivity contribution in [3.8, 4) is 0 Å². The number of aryl methyl sites for hydroxylation is 1. The molecule has 0 nitrogen and oxygen atoms in total. The minimum absolute atomic E-state index is 0.539. The van der Waals surface area contributed by atoms with Gasteiger partial charge in [-0.2, -0.15) is 0 Å². The van der Waals surface area contributed by atoms with Gasteiger partial charge in [0.25, 0.3) is 0 Å². The summed E-state index contributed by atoms with van der Waals surface area (Å²) in [5.74, 6) is 2.53. The predicted molar refractivity (Wildman–Crippen MR) is 110 cm³/mol. The molecule has 1 aromatic carbocycles. The van der Waals surface area contributed by atoms with E-state index in [1.807, 2.05) is 0 Å². The Morgan fingerprint density at radius 2 is 1.37 bits per heavy atom. The highest BCUT2D eigenvalue weighted by molar-refractivity contribution is 5.18. The zero-order valence-corrected chi connectivity index (χ0v) is 17.2. The molecule has 3 rings (SSSR count). The van der Waals surface area contributed by atoms with Crippen molar-refractivity contribution in [1.29, 1.82) is 0 Å². The third kappa shape index (κ3) is 6.03. The normalized spacial score (nSPS) is 29.0. The van der Waals surface area contributed by atoms with Crippen molar-refractivity contribution in [2.45, 2.75) is 96.8 Å². The first kappa shape index (κ1) is 20.8. The Kier molecular flexibility index (Phi) is 8.15. The van der Waals surface area contributed by atoms with Crippen LogP contribution in [0.15, 0.2) is 18.2 Å². The van der Waals surface area contributed by atoms with Gasteiger partial charge in [0.2, 0.25) is 0 Å². The van der Waals surface area contributed by atoms with Crippen LogP contribution >= 0.6 is 0 Å². The topological polar surface area (TPSA) is 0 Å². The fraction of sp³-hybridized carbons (Fsp3) is 0.760. The molecular weight excluding hydrogens is 338 g/mol. The Morgan fingerprint density at radius 1 is 0.778 bits per heavy atom. The highest BCUT2D eigenvalue weighted by Gasteiger charge is 2.30. The molecule has 2 heteroatoms. The smallest absolute Gasteiger partial charge is 0.162 e. The molecule has 2 aliphatic rings. The second-order valence-electron chi connectivity index (χ2n) is 9.31. The van der Waals surface area contributed by atoms with E-state index >= 15 is 0 Å². The van der Waals surface area contributed by atoms with Crippen molar-refractivity contribution in [2.24, 2.45) is 23.7 Å². The minimum Gasteiger partial charge on any atom is -0.204 e. The standard InChI is InChI=1S/C25H38F2/c1-2-6-19-11-15-21(16-12-19)22-17-13-20(14-18-22)7-3-4-8-23-9-5-10-24(26)25(23)27/h5,9-10,19-22H,2-4,6-8,11-18H2,1H3. The van der Waals surface area contributed by atoms with Crippen LogP contribution in [0.2, 0.25) is 0 Å². The molecule has 2 aliphatic carbocycles. The summed E-state index contributed by atoms with van der Waals surface area (Å²) >= 11 is 0. The van der Waals surface area contributed by atoms with Gasteiger partial charge < -0.3 is 0 Å². The SMILES string of the molecule is CCCC1CCC(C2CCC(CCCCc3cccc(F)c3F)CC2)CC1. The maximum Gasteiger partial charge on any atom is 0.162 e. The molecule has 0 amide bonds. The highest BCUT2D eigenvalue weighted by atomic mass is 19.2. The van der Waals surface area contributed by atoms with Crippen LogP contribution in [-0.4, -0.2) is 0 Å². The lowest BCUT2D eigenvalue weighted by Gasteiger charge is -2.38. The molecule has 0 bridgehead atoms. The Balaban J connectivity index is 1.30. The summed E-state index contributed by atoms with van der Waals surface area (Å²) in [7, 11) is 0. The number of hydrogen-bond donors (Lipinski definition) is 0. The van der Waals surface area contributed by atoms with Crippen LogP contribution in [0.1, 0.15) is 96.0 Å². The average molecular weight is 377 g/mol. The Morgan fingerprint density at radius 3 is 1.96 bits per heavy atom. The zero-order valence-electron chi connectivity index (χ0n) is 17.2. The first-order valence-corrected chi connectivity index (χ1v) is 11.6. The molecule has 152 valence electrons. The molecule has 2 saturated carbocycles. The van der Waals surface area contributed by atoms with Crippen LogP contribution in [0, 0.1) is 35.3 Å². The summed E-state index contributed by atoms with van der Waals surface area (Å²) in [6, 6.07) is 4.54. The molecule has 0 spiro atoms. The van der Waals surface area contributed by atoms with Crippen LogP contribution < -0.4 is 0 Å². The Hall–Kier alpha value is -0.920. The van der Waals surface area contributed by atoms with E-state index in [4.69, 9.17) is 0 Å². The number of rotatable bonds is 8. The Labute approximate surface area is 165 Å². The van der Waals surface area contributed by atoms with E-state index in [2.05, 4.69) is 6.92 Å². The fourth-order valence-corrected chi connectivity index (χ4v) is 5.79. The number of benzene rings is 1. The van der Waals surface area contributed by atoms with Crippen LogP contribution in [0.25, 0.3) is 0 Å². The third-order valence-corrected chi connectivity index (χ3v) is 7.49. The quantitative estimate of drug-likeness (QED) is 0.402. The van der Waals surface area contributed by atoms with Crippen LogP contribution in [-0.2, 0) is 6.42 Å². The molecule has 0 atom stereocenters. The van der Waals surface area contributed by atoms with E-state index in [9.17, 15) is 8.78 Å². The number of hydrogen-bond acceptors (Lipinski definition) is 0. The van der Waals surface area contributed by atoms with Crippen molar-refractivity contribution in [2.75, 3.05) is 0 Å². The fourth-order valence-electron chi connectivity index (χ4n) is 5.79. The molecule has 27 heavy (non-hydrogen) atoms. The molecule has 0 aromatic heterocycles. The summed E-state index contributed by atoms with van der Waals surface area (Å²) < 4.78 is 26.9. The largest absolute Gasteiger partial charge is 0.204 e. The summed E-state index contributed by atoms with van der Waals surface area (Å²) in [5.41, 5.74) is 0.539. The van der Waals surface area contributed by atoms with Gasteiger partial charge in [-0.25, -0.2) is 8.78 Å². The van der Waals surface area contributed by atoms with Gasteiger partial charge in [0.1, 0.15) is 0 Å². The van der Waals surface area contributed by atoms with Crippen LogP contribution in [0.4, 0.5) is 8.78 Å². The molecule has 2 fully saturated rings. The van der Waals surface area contributed by atoms with Crippen molar-refractivity contribution in [3.63, 3.8) is 0 Å². The van der Waals surface area contributed by atoms with Crippen molar-refractivity contribution >= 4 is 0 Å². The monoisotopic (exact) mass is 376 g/mol. The molecule has 0 heterocycles. The van der Waals surface area contributed by atoms with E-state index < -0.39 is 11.6 Å². The lowest BCUT2D eigenvalue weighted by Crippen LogP contribution is -2.25. The molecular formula is C25H38F2. The summed E-state index contributed by atoms with van der Waals surface area (Å²) in [6.07, 6.45) is 18.5. The summed E-state index contributed by atoms with van der Waals surface area (Å²) in [4.78, 5) is 0. The highest BCUT2D eigenvalue weighted by Crippen LogP contribution is 2.43. The van der Waals surface area contributed by atoms with Gasteiger partial charge in [-0.3, -0.25) is 0 Å². The average Bonchev–Trinajstić information content (AvgIpc) is 2.70. The van der Waals surface area contributed by atoms with Crippen LogP contribution in [0.3, 0.4) is 0 Å². The Bertz CT molecular complexity index is 551. The van der Waals surface area contributed by atoms with Gasteiger partial charge in [0.15, 0.2) is 11.6 Å². The van der Waals surface area contributed by atoms with E-state index in [1.165, 1.54) is 76.7 Å². The second-order valence-corrected chi connectivity index (χ2v) is 9.31. The lowest BCUT2D eigenvalue weighted by molar-refractivity contribution is 0.140. The molecule has 0 N–H and O–H groups in total. The molecule has 0 aliphatic heterocycles. The van der Waals surface area contributed by atoms with E-state index in [0.29, 0.717) is 12.0 Å². The third-order valence-electron chi connectivity index (χ3n) is 7.49. The van der Waals surface area contributed by atoms with Crippen molar-refractivity contribution < 1.29 is 8.78 Å². The maximum atomic E-state index is 13.7. The van der Waals surface area contributed by atoms with Crippen molar-refractivity contribution in [1.82, 2.24) is 0 Å². The molecule has 0 saturated heterocycles. The van der Waals surface area contributed by atoms with Gasteiger partial charge in [-0.1, -0.05) is 70.4 Å². The summed E-state index contributed by atoms with van der Waals surface area (Å²) in [5, 5.41) is 0. The van der Waals surface area contributed by atoms with Crippen molar-refractivity contribution in [3.05, 3.63) is 35.4 Å². The first-order valence-electron chi connectivity index (χ1n) is 11.6. The first-order chi connectivity index (χ1) is 13.2. The van der Waals surface area contributed by atoms with Gasteiger partial charge in [0.05, 0.1) is 0 Å². The predicted octanol–water partition coefficient (Wildman–Crippen LogP) is 8.09. The van der Waals surface area contributed by atoms with Gasteiger partial charge in [-0.15, -0.1) is 0 Å². The summed E-state index contributed by atoms with van der Waals surface area (Å²) in [6.45, 7) is 2.32. The number of halogens is 2. The van der Waals surface area contributed by atoms with Gasteiger partial charge in [-0.05, 0) is 73.8 Å². The molecule has 1 aromatic rings. The molecule has 0 radical (unpaired) electrons. The van der Waals surface area contributed by atoms with Crippen LogP contribution in [0.5, 0.6) is 0 Å². The molecule has 0 unspecified atom stereocenters. The van der Waals surface area contributed by atoms with E-state index in [-0.39, 0.29) is 0 Å². The minimum atomic E-state index is -0.713. The second kappa shape index (κ2) is 10.6. The van der Waals surface area contributed by atoms with Gasteiger partial charge in [0, 0.05) is 0 Å². The number of unbranched alkanes of at least 4 members (excludes halogenated alkanes) is 1. The maximum absolute atomic E-state index is 13.7. The van der Waals surface area contributed by atoms with Gasteiger partial charge >= 0.3 is 0 Å². The lowest BCUT2D eigenvalue weighted by atomic mass is 9.68. The van der Waals surface area contributed by atoms with E-state index in [0.717, 1.165) is 36.5 Å². The van der Waals surface area contributed by atoms with E-state index in [1.54, 1.807) is 12.1 Å². The zero-order chi connectivity index (χ0) is 19.1.